The van der Waals surface area contributed by atoms with E-state index in [0.29, 0.717) is 25.9 Å². The molecule has 0 radical (unpaired) electrons. The van der Waals surface area contributed by atoms with E-state index in [1.165, 1.54) is 372 Å². The van der Waals surface area contributed by atoms with E-state index in [4.69, 9.17) is 4.74 Å². The molecule has 0 rings (SSSR count). The first kappa shape index (κ1) is 81.6. The summed E-state index contributed by atoms with van der Waals surface area (Å²) in [5.74, 6) is -0.00966. The van der Waals surface area contributed by atoms with Gasteiger partial charge in [-0.3, -0.25) is 9.59 Å². The zero-order chi connectivity index (χ0) is 59.9. The Balaban J connectivity index is 3.37. The Bertz CT molecular complexity index is 1260. The Kier molecular flexibility index (Phi) is 71.8. The summed E-state index contributed by atoms with van der Waals surface area (Å²) in [4.78, 5) is 24.6. The summed E-state index contributed by atoms with van der Waals surface area (Å²) in [7, 11) is 0. The van der Waals surface area contributed by atoms with Crippen molar-refractivity contribution in [3.8, 4) is 0 Å². The summed E-state index contributed by atoms with van der Waals surface area (Å²) >= 11 is 0. The van der Waals surface area contributed by atoms with Crippen molar-refractivity contribution in [3.05, 3.63) is 12.2 Å². The third-order valence-corrected chi connectivity index (χ3v) is 18.3. The molecule has 0 aliphatic heterocycles. The van der Waals surface area contributed by atoms with Crippen LogP contribution in [0.1, 0.15) is 444 Å². The molecule has 0 aromatic carbocycles. The lowest BCUT2D eigenvalue weighted by molar-refractivity contribution is -0.143. The summed E-state index contributed by atoms with van der Waals surface area (Å²) < 4.78 is 5.48. The van der Waals surface area contributed by atoms with Crippen LogP contribution in [0.5, 0.6) is 0 Å². The van der Waals surface area contributed by atoms with Crippen LogP contribution in [0.3, 0.4) is 0 Å². The molecule has 2 atom stereocenters. The second kappa shape index (κ2) is 73.1. The first-order chi connectivity index (χ1) is 41.0. The van der Waals surface area contributed by atoms with Gasteiger partial charge in [-0.25, -0.2) is 0 Å². The quantitative estimate of drug-likeness (QED) is 0.0320. The van der Waals surface area contributed by atoms with Crippen molar-refractivity contribution in [3.63, 3.8) is 0 Å². The number of ether oxygens (including phenoxy) is 1. The molecule has 1 amide bonds. The molecule has 6 heteroatoms. The number of hydrogen-bond acceptors (Lipinski definition) is 5. The van der Waals surface area contributed by atoms with Gasteiger partial charge < -0.3 is 20.3 Å². The molecule has 0 bridgehead atoms. The lowest BCUT2D eigenvalue weighted by Gasteiger charge is -2.22. The van der Waals surface area contributed by atoms with Gasteiger partial charge in [0.05, 0.1) is 25.4 Å². The Morgan fingerprint density at radius 3 is 0.855 bits per heavy atom. The molecule has 0 aromatic rings. The largest absolute Gasteiger partial charge is 0.466 e. The van der Waals surface area contributed by atoms with Crippen LogP contribution in [-0.4, -0.2) is 47.4 Å². The van der Waals surface area contributed by atoms with Crippen LogP contribution in [0.25, 0.3) is 0 Å². The van der Waals surface area contributed by atoms with Crippen molar-refractivity contribution in [1.82, 2.24) is 5.32 Å². The molecule has 6 nitrogen and oxygen atoms in total. The minimum atomic E-state index is -0.665. The van der Waals surface area contributed by atoms with Gasteiger partial charge in [0, 0.05) is 12.8 Å². The van der Waals surface area contributed by atoms with Gasteiger partial charge in [-0.15, -0.1) is 0 Å². The monoisotopic (exact) mass is 1170 g/mol. The van der Waals surface area contributed by atoms with E-state index in [0.717, 1.165) is 38.5 Å². The first-order valence-corrected chi connectivity index (χ1v) is 38.4. The molecule has 0 fully saturated rings. The van der Waals surface area contributed by atoms with Gasteiger partial charge in [0.15, 0.2) is 0 Å². The molecule has 0 heterocycles. The fraction of sp³-hybridized carbons (Fsp3) is 0.948. The van der Waals surface area contributed by atoms with Gasteiger partial charge in [-0.05, 0) is 51.4 Å². The van der Waals surface area contributed by atoms with Crippen LogP contribution in [0.15, 0.2) is 12.2 Å². The van der Waals surface area contributed by atoms with Gasteiger partial charge in [0.2, 0.25) is 5.91 Å². The van der Waals surface area contributed by atoms with E-state index >= 15 is 0 Å². The topological polar surface area (TPSA) is 95.9 Å². The number of esters is 1. The molecule has 494 valence electrons. The number of amides is 1. The highest BCUT2D eigenvalue weighted by Crippen LogP contribution is 2.20. The molecule has 0 aliphatic carbocycles. The van der Waals surface area contributed by atoms with Gasteiger partial charge in [0.1, 0.15) is 0 Å². The van der Waals surface area contributed by atoms with E-state index in [2.05, 4.69) is 31.3 Å². The molecule has 0 aliphatic rings. The summed E-state index contributed by atoms with van der Waals surface area (Å²) in [5, 5.41) is 23.5. The lowest BCUT2D eigenvalue weighted by Crippen LogP contribution is -2.45. The third-order valence-electron chi connectivity index (χ3n) is 18.3. The van der Waals surface area contributed by atoms with Crippen molar-refractivity contribution >= 4 is 11.9 Å². The summed E-state index contributed by atoms with van der Waals surface area (Å²) in [6.07, 6.45) is 91.5. The van der Waals surface area contributed by atoms with Gasteiger partial charge in [0.25, 0.3) is 0 Å². The fourth-order valence-electron chi connectivity index (χ4n) is 12.5. The highest BCUT2D eigenvalue weighted by atomic mass is 16.5. The number of unbranched alkanes of at least 4 members (excludes halogenated alkanes) is 60. The maximum absolute atomic E-state index is 12.6. The molecule has 0 aromatic heterocycles. The van der Waals surface area contributed by atoms with Crippen molar-refractivity contribution in [2.24, 2.45) is 0 Å². The van der Waals surface area contributed by atoms with Gasteiger partial charge in [-0.2, -0.15) is 0 Å². The molecule has 83 heavy (non-hydrogen) atoms. The van der Waals surface area contributed by atoms with Crippen LogP contribution in [0.2, 0.25) is 0 Å². The highest BCUT2D eigenvalue weighted by molar-refractivity contribution is 5.76. The molecule has 3 N–H and O–H groups in total. The maximum atomic E-state index is 12.6. The van der Waals surface area contributed by atoms with Crippen molar-refractivity contribution in [2.45, 2.75) is 456 Å². The molecule has 0 saturated heterocycles. The number of rotatable bonds is 73. The molecule has 0 saturated carbocycles. The van der Waals surface area contributed by atoms with E-state index in [1.807, 2.05) is 0 Å². The summed E-state index contributed by atoms with van der Waals surface area (Å²) in [6.45, 7) is 5.00. The average Bonchev–Trinajstić information content (AvgIpc) is 3.49. The summed E-state index contributed by atoms with van der Waals surface area (Å²) in [6, 6.07) is -0.542. The predicted molar refractivity (Wildman–Crippen MR) is 366 cm³/mol. The lowest BCUT2D eigenvalue weighted by atomic mass is 10.0. The number of carbonyl (C=O) groups excluding carboxylic acids is 2. The fourth-order valence-corrected chi connectivity index (χ4v) is 12.5. The number of aliphatic hydroxyl groups excluding tert-OH is 2. The normalized spacial score (nSPS) is 12.5. The molecular weight excluding hydrogens is 1020 g/mol. The van der Waals surface area contributed by atoms with Crippen molar-refractivity contribution < 1.29 is 24.5 Å². The third kappa shape index (κ3) is 69.6. The maximum Gasteiger partial charge on any atom is 0.305 e. The number of carbonyl (C=O) groups is 2. The smallest absolute Gasteiger partial charge is 0.305 e. The van der Waals surface area contributed by atoms with Crippen molar-refractivity contribution in [2.75, 3.05) is 13.2 Å². The number of nitrogens with one attached hydrogen (secondary N) is 1. The summed E-state index contributed by atoms with van der Waals surface area (Å²) in [5.41, 5.74) is 0. The van der Waals surface area contributed by atoms with Gasteiger partial charge >= 0.3 is 5.97 Å². The van der Waals surface area contributed by atoms with Crippen LogP contribution in [0.4, 0.5) is 0 Å². The first-order valence-electron chi connectivity index (χ1n) is 38.4. The zero-order valence-corrected chi connectivity index (χ0v) is 56.7. The van der Waals surface area contributed by atoms with Crippen LogP contribution >= 0.6 is 0 Å². The Hall–Kier alpha value is -1.40. The van der Waals surface area contributed by atoms with E-state index in [1.54, 1.807) is 0 Å². The van der Waals surface area contributed by atoms with Crippen LogP contribution in [0, 0.1) is 0 Å². The van der Waals surface area contributed by atoms with E-state index < -0.39 is 12.1 Å². The van der Waals surface area contributed by atoms with E-state index in [9.17, 15) is 19.8 Å². The average molecular weight is 1170 g/mol. The minimum Gasteiger partial charge on any atom is -0.466 e. The number of aliphatic hydroxyl groups is 2. The predicted octanol–water partition coefficient (Wildman–Crippen LogP) is 25.1. The minimum absolute atomic E-state index is 0.0184. The van der Waals surface area contributed by atoms with Crippen LogP contribution in [-0.2, 0) is 14.3 Å². The zero-order valence-electron chi connectivity index (χ0n) is 56.7. The van der Waals surface area contributed by atoms with Crippen LogP contribution < -0.4 is 5.32 Å². The Labute approximate surface area is 520 Å². The number of hydrogen-bond donors (Lipinski definition) is 3. The van der Waals surface area contributed by atoms with E-state index in [-0.39, 0.29) is 18.5 Å². The number of allylic oxidation sites excluding steroid dienone is 2. The Morgan fingerprint density at radius 1 is 0.325 bits per heavy atom. The second-order valence-corrected chi connectivity index (χ2v) is 26.7. The Morgan fingerprint density at radius 2 is 0.566 bits per heavy atom. The molecule has 2 unspecified atom stereocenters. The SMILES string of the molecule is CCCCCCCCCCCCCCCCCCCCCCCCCCCC(O)C(CO)NC(=O)CCCCCCCCCCCCCCC/C=C\CCCCCCCCCCCCCCOC(=O)CCCCCCCCCCCCCC. The highest BCUT2D eigenvalue weighted by Gasteiger charge is 2.20. The molecular formula is C77H151NO5. The second-order valence-electron chi connectivity index (χ2n) is 26.7. The van der Waals surface area contributed by atoms with Crippen molar-refractivity contribution in [1.29, 1.82) is 0 Å². The standard InChI is InChI=1S/C77H151NO5/c1-3-5-7-9-11-13-15-17-18-19-20-21-22-28-31-34-37-40-43-46-49-53-57-61-65-69-75(80)74(73-79)78-76(81)70-66-62-58-54-50-47-44-41-38-35-32-29-26-24-23-25-27-30-33-36-39-42-45-48-52-56-60-64-68-72-83-77(82)71-67-63-59-55-51-16-14-12-10-8-6-4-2/h23,25,74-75,79-80H,3-22,24,26-73H2,1-2H3,(H,78,81)/b25-23-. The molecule has 0 spiro atoms. The van der Waals surface area contributed by atoms with Gasteiger partial charge in [-0.1, -0.05) is 392 Å².